The molecule has 0 aliphatic heterocycles. The number of carbonyl (C=O) groups is 2. The van der Waals surface area contributed by atoms with Gasteiger partial charge in [-0.1, -0.05) is 0 Å². The van der Waals surface area contributed by atoms with Crippen molar-refractivity contribution >= 4 is 33.3 Å². The van der Waals surface area contributed by atoms with Gasteiger partial charge in [0.1, 0.15) is 11.0 Å². The number of rotatable bonds is 8. The summed E-state index contributed by atoms with van der Waals surface area (Å²) in [5.41, 5.74) is -0.00349. The highest BCUT2D eigenvalue weighted by molar-refractivity contribution is 7.88. The first-order valence-corrected chi connectivity index (χ1v) is 8.02. The lowest BCUT2D eigenvalue weighted by molar-refractivity contribution is -0.117. The van der Waals surface area contributed by atoms with Crippen molar-refractivity contribution in [2.45, 2.75) is 31.9 Å². The fraction of sp³-hybridized carbons (Fsp3) is 0.500. The van der Waals surface area contributed by atoms with Crippen molar-refractivity contribution in [3.05, 3.63) is 23.2 Å². The van der Waals surface area contributed by atoms with E-state index in [1.807, 2.05) is 0 Å². The number of hydrogen-bond acceptors (Lipinski definition) is 7. The summed E-state index contributed by atoms with van der Waals surface area (Å²) in [7, 11) is -4.12. The molecule has 0 saturated carbocycles. The Morgan fingerprint density at radius 2 is 1.90 bits per heavy atom. The largest absolute Gasteiger partial charge is 0.300 e. The predicted molar refractivity (Wildman–Crippen MR) is 75.6 cm³/mol. The second-order valence-electron chi connectivity index (χ2n) is 4.23. The van der Waals surface area contributed by atoms with Crippen LogP contribution in [0.2, 0.25) is 5.28 Å². The fourth-order valence-corrected chi connectivity index (χ4v) is 3.01. The van der Waals surface area contributed by atoms with E-state index in [2.05, 4.69) is 14.2 Å². The molecule has 1 heterocycles. The molecule has 0 fully saturated rings. The van der Waals surface area contributed by atoms with Crippen LogP contribution in [-0.2, 0) is 19.1 Å². The Morgan fingerprint density at radius 3 is 2.38 bits per heavy atom. The summed E-state index contributed by atoms with van der Waals surface area (Å²) in [6.07, 6.45) is 2.08. The fourth-order valence-electron chi connectivity index (χ4n) is 1.61. The monoisotopic (exact) mass is 334 g/mol. The molecule has 0 aliphatic carbocycles. The normalized spacial score (nSPS) is 12.9. The Hall–Kier alpha value is -1.38. The molecule has 0 aromatic carbocycles. The van der Waals surface area contributed by atoms with Gasteiger partial charge in [0.15, 0.2) is 5.78 Å². The van der Waals surface area contributed by atoms with Crippen LogP contribution >= 0.6 is 11.6 Å². The first-order valence-electron chi connectivity index (χ1n) is 6.17. The highest BCUT2D eigenvalue weighted by Crippen LogP contribution is 2.17. The minimum Gasteiger partial charge on any atom is -0.300 e. The Kier molecular flexibility index (Phi) is 6.38. The number of nitrogens with zero attached hydrogens (tertiary/aromatic N) is 2. The van der Waals surface area contributed by atoms with E-state index in [0.29, 0.717) is 0 Å². The van der Waals surface area contributed by atoms with Gasteiger partial charge in [-0.25, -0.2) is 9.97 Å². The molecule has 0 radical (unpaired) electrons. The van der Waals surface area contributed by atoms with E-state index in [1.54, 1.807) is 0 Å². The van der Waals surface area contributed by atoms with Crippen molar-refractivity contribution in [1.29, 1.82) is 0 Å². The quantitative estimate of drug-likeness (QED) is 0.402. The third-order valence-corrected chi connectivity index (χ3v) is 4.49. The minimum atomic E-state index is -4.12. The van der Waals surface area contributed by atoms with Gasteiger partial charge >= 0.3 is 0 Å². The van der Waals surface area contributed by atoms with Crippen LogP contribution in [-0.4, -0.2) is 41.8 Å². The highest BCUT2D eigenvalue weighted by atomic mass is 35.5. The molecule has 1 aromatic heterocycles. The topological polar surface area (TPSA) is 103 Å². The molecule has 116 valence electrons. The lowest BCUT2D eigenvalue weighted by Crippen LogP contribution is -2.32. The molecular weight excluding hydrogens is 320 g/mol. The van der Waals surface area contributed by atoms with Crippen LogP contribution in [0.15, 0.2) is 12.4 Å². The third-order valence-electron chi connectivity index (χ3n) is 2.59. The van der Waals surface area contributed by atoms with Crippen molar-refractivity contribution < 1.29 is 22.2 Å². The van der Waals surface area contributed by atoms with Gasteiger partial charge in [-0.2, -0.15) is 8.42 Å². The van der Waals surface area contributed by atoms with E-state index in [0.717, 1.165) is 12.4 Å². The standard InChI is InChI=1S/C12H15ClN2O5S/c1-3-20-21(18,19)10(5-4-8(2)16)11(17)9-6-14-12(13)15-7-9/h6-7,10H,3-5H2,1-2H3. The molecule has 0 saturated heterocycles. The lowest BCUT2D eigenvalue weighted by Gasteiger charge is -2.15. The first kappa shape index (κ1) is 17.7. The number of ketones is 2. The van der Waals surface area contributed by atoms with E-state index < -0.39 is 21.2 Å². The molecule has 0 spiro atoms. The second kappa shape index (κ2) is 7.58. The van der Waals surface area contributed by atoms with Crippen molar-refractivity contribution in [2.75, 3.05) is 6.61 Å². The predicted octanol–water partition coefficient (Wildman–Crippen LogP) is 1.42. The van der Waals surface area contributed by atoms with Crippen LogP contribution in [0.5, 0.6) is 0 Å². The summed E-state index contributed by atoms with van der Waals surface area (Å²) in [5, 5.41) is -1.52. The van der Waals surface area contributed by atoms with E-state index in [-0.39, 0.29) is 36.1 Å². The maximum absolute atomic E-state index is 12.3. The average Bonchev–Trinajstić information content (AvgIpc) is 2.38. The molecule has 0 aliphatic rings. The summed E-state index contributed by atoms with van der Waals surface area (Å²) >= 11 is 5.52. The third kappa shape index (κ3) is 5.14. The number of aromatic nitrogens is 2. The molecule has 0 bridgehead atoms. The maximum atomic E-state index is 12.3. The van der Waals surface area contributed by atoms with Gasteiger partial charge in [-0.05, 0) is 31.9 Å². The van der Waals surface area contributed by atoms with Gasteiger partial charge < -0.3 is 4.79 Å². The van der Waals surface area contributed by atoms with Crippen LogP contribution in [0.3, 0.4) is 0 Å². The molecular formula is C12H15ClN2O5S. The number of Topliss-reactive ketones (excluding diaryl/α,β-unsaturated/α-hetero) is 2. The van der Waals surface area contributed by atoms with Crippen molar-refractivity contribution in [3.8, 4) is 0 Å². The van der Waals surface area contributed by atoms with Crippen LogP contribution in [0.25, 0.3) is 0 Å². The zero-order valence-electron chi connectivity index (χ0n) is 11.6. The van der Waals surface area contributed by atoms with Crippen LogP contribution in [0.1, 0.15) is 37.0 Å². The van der Waals surface area contributed by atoms with Crippen molar-refractivity contribution in [3.63, 3.8) is 0 Å². The average molecular weight is 335 g/mol. The Bertz CT molecular complexity index is 615. The molecule has 1 atom stereocenters. The SMILES string of the molecule is CCOS(=O)(=O)C(CCC(C)=O)C(=O)c1cnc(Cl)nc1. The Balaban J connectivity index is 3.07. The van der Waals surface area contributed by atoms with E-state index in [9.17, 15) is 18.0 Å². The van der Waals surface area contributed by atoms with Crippen molar-refractivity contribution in [1.82, 2.24) is 9.97 Å². The van der Waals surface area contributed by atoms with Gasteiger partial charge in [-0.3, -0.25) is 8.98 Å². The maximum Gasteiger partial charge on any atom is 0.277 e. The molecule has 1 aromatic rings. The zero-order valence-corrected chi connectivity index (χ0v) is 13.1. The van der Waals surface area contributed by atoms with Crippen LogP contribution in [0.4, 0.5) is 0 Å². The van der Waals surface area contributed by atoms with Crippen LogP contribution in [0, 0.1) is 0 Å². The van der Waals surface area contributed by atoms with Crippen LogP contribution < -0.4 is 0 Å². The zero-order chi connectivity index (χ0) is 16.0. The Morgan fingerprint density at radius 1 is 1.33 bits per heavy atom. The highest BCUT2D eigenvalue weighted by Gasteiger charge is 2.34. The number of carbonyl (C=O) groups excluding carboxylic acids is 2. The van der Waals surface area contributed by atoms with E-state index >= 15 is 0 Å². The van der Waals surface area contributed by atoms with Crippen molar-refractivity contribution in [2.24, 2.45) is 0 Å². The minimum absolute atomic E-state index is 0.00349. The molecule has 1 unspecified atom stereocenters. The molecule has 0 amide bonds. The summed E-state index contributed by atoms with van der Waals surface area (Å²) < 4.78 is 28.7. The molecule has 21 heavy (non-hydrogen) atoms. The van der Waals surface area contributed by atoms with E-state index in [4.69, 9.17) is 11.6 Å². The molecule has 0 N–H and O–H groups in total. The molecule has 9 heteroatoms. The number of halogens is 1. The number of hydrogen-bond donors (Lipinski definition) is 0. The van der Waals surface area contributed by atoms with Gasteiger partial charge in [0.05, 0.1) is 12.2 Å². The first-order chi connectivity index (χ1) is 9.77. The van der Waals surface area contributed by atoms with Gasteiger partial charge in [0.2, 0.25) is 5.28 Å². The second-order valence-corrected chi connectivity index (χ2v) is 6.36. The van der Waals surface area contributed by atoms with E-state index in [1.165, 1.54) is 13.8 Å². The Labute approximate surface area is 127 Å². The van der Waals surface area contributed by atoms with Gasteiger partial charge in [0, 0.05) is 18.8 Å². The van der Waals surface area contributed by atoms with Gasteiger partial charge in [-0.15, -0.1) is 0 Å². The molecule has 1 rings (SSSR count). The molecule has 7 nitrogen and oxygen atoms in total. The summed E-state index contributed by atoms with van der Waals surface area (Å²) in [4.78, 5) is 30.6. The summed E-state index contributed by atoms with van der Waals surface area (Å²) in [5.74, 6) is -0.937. The summed E-state index contributed by atoms with van der Waals surface area (Å²) in [6, 6.07) is 0. The van der Waals surface area contributed by atoms with Gasteiger partial charge in [0.25, 0.3) is 10.1 Å². The lowest BCUT2D eigenvalue weighted by atomic mass is 10.1. The summed E-state index contributed by atoms with van der Waals surface area (Å²) in [6.45, 7) is 2.72. The smallest absolute Gasteiger partial charge is 0.277 e.